The highest BCUT2D eigenvalue weighted by atomic mass is 15.1. The molecule has 0 aliphatic heterocycles. The van der Waals surface area contributed by atoms with Crippen LogP contribution in [0.5, 0.6) is 0 Å². The van der Waals surface area contributed by atoms with Gasteiger partial charge in [-0.1, -0.05) is 0 Å². The van der Waals surface area contributed by atoms with Gasteiger partial charge in [0.25, 0.3) is 0 Å². The molecule has 3 heterocycles. The standard InChI is InChI=1S/C9H10N8/c10-9-16-7(6-8(17-9)13-4-12-6)11-1-5-2-14-15-3-5/h2-4H,1H2,(H,14,15)(H4,10,11,12,13,16,17). The van der Waals surface area contributed by atoms with E-state index in [1.54, 1.807) is 12.5 Å². The Bertz CT molecular complexity index is 626. The third-order valence-corrected chi connectivity index (χ3v) is 2.32. The Kier molecular flexibility index (Phi) is 2.11. The number of aromatic nitrogens is 6. The third kappa shape index (κ3) is 1.75. The predicted octanol–water partition coefficient (Wildman–Crippen LogP) is 0.270. The van der Waals surface area contributed by atoms with Crippen LogP contribution in [-0.2, 0) is 6.54 Å². The summed E-state index contributed by atoms with van der Waals surface area (Å²) in [5.74, 6) is 0.825. The third-order valence-electron chi connectivity index (χ3n) is 2.32. The lowest BCUT2D eigenvalue weighted by atomic mass is 10.3. The molecule has 0 amide bonds. The molecule has 0 aromatic carbocycles. The van der Waals surface area contributed by atoms with E-state index in [1.165, 1.54) is 0 Å². The molecule has 0 aliphatic carbocycles. The van der Waals surface area contributed by atoms with Gasteiger partial charge in [0.15, 0.2) is 11.5 Å². The van der Waals surface area contributed by atoms with Gasteiger partial charge in [0, 0.05) is 18.3 Å². The first kappa shape index (κ1) is 9.58. The molecular formula is C9H10N8. The average Bonchev–Trinajstić information content (AvgIpc) is 2.95. The van der Waals surface area contributed by atoms with E-state index in [0.29, 0.717) is 18.0 Å². The van der Waals surface area contributed by atoms with Gasteiger partial charge in [0.1, 0.15) is 5.52 Å². The highest BCUT2D eigenvalue weighted by Crippen LogP contribution is 2.17. The van der Waals surface area contributed by atoms with Crippen molar-refractivity contribution in [3.63, 3.8) is 0 Å². The molecule has 0 aliphatic rings. The predicted molar refractivity (Wildman–Crippen MR) is 62.0 cm³/mol. The van der Waals surface area contributed by atoms with Gasteiger partial charge in [0.2, 0.25) is 5.95 Å². The second-order valence-corrected chi connectivity index (χ2v) is 3.49. The lowest BCUT2D eigenvalue weighted by Crippen LogP contribution is -2.04. The minimum Gasteiger partial charge on any atom is -0.368 e. The number of aromatic amines is 2. The van der Waals surface area contributed by atoms with Crippen molar-refractivity contribution in [2.75, 3.05) is 11.1 Å². The Labute approximate surface area is 95.7 Å². The molecule has 5 N–H and O–H groups in total. The minimum atomic E-state index is 0.194. The zero-order valence-electron chi connectivity index (χ0n) is 8.81. The maximum Gasteiger partial charge on any atom is 0.224 e. The number of nitrogens with two attached hydrogens (primary N) is 1. The van der Waals surface area contributed by atoms with Crippen LogP contribution in [0, 0.1) is 0 Å². The van der Waals surface area contributed by atoms with E-state index in [0.717, 1.165) is 11.1 Å². The second kappa shape index (κ2) is 3.74. The minimum absolute atomic E-state index is 0.194. The van der Waals surface area contributed by atoms with Crippen LogP contribution in [0.15, 0.2) is 18.7 Å². The zero-order chi connectivity index (χ0) is 11.7. The normalized spacial score (nSPS) is 10.8. The molecule has 86 valence electrons. The van der Waals surface area contributed by atoms with Gasteiger partial charge in [-0.05, 0) is 0 Å². The van der Waals surface area contributed by atoms with E-state index in [2.05, 4.69) is 35.5 Å². The first-order valence-corrected chi connectivity index (χ1v) is 5.01. The topological polar surface area (TPSA) is 121 Å². The fourth-order valence-corrected chi connectivity index (χ4v) is 1.54. The number of fused-ring (bicyclic) bond motifs is 1. The van der Waals surface area contributed by atoms with Gasteiger partial charge in [0.05, 0.1) is 12.5 Å². The van der Waals surface area contributed by atoms with Crippen LogP contribution in [0.1, 0.15) is 5.56 Å². The smallest absolute Gasteiger partial charge is 0.224 e. The van der Waals surface area contributed by atoms with Crippen molar-refractivity contribution in [2.45, 2.75) is 6.54 Å². The van der Waals surface area contributed by atoms with Crippen molar-refractivity contribution in [3.05, 3.63) is 24.3 Å². The number of hydrogen-bond acceptors (Lipinski definition) is 6. The van der Waals surface area contributed by atoms with Crippen molar-refractivity contribution < 1.29 is 0 Å². The Balaban J connectivity index is 1.91. The van der Waals surface area contributed by atoms with E-state index < -0.39 is 0 Å². The summed E-state index contributed by atoms with van der Waals surface area (Å²) in [6, 6.07) is 0. The van der Waals surface area contributed by atoms with Crippen LogP contribution < -0.4 is 11.1 Å². The van der Waals surface area contributed by atoms with Crippen molar-refractivity contribution in [2.24, 2.45) is 0 Å². The molecule has 0 unspecified atom stereocenters. The quantitative estimate of drug-likeness (QED) is 0.512. The summed E-state index contributed by atoms with van der Waals surface area (Å²) in [5, 5.41) is 9.76. The van der Waals surface area contributed by atoms with Gasteiger partial charge >= 0.3 is 0 Å². The monoisotopic (exact) mass is 230 g/mol. The SMILES string of the molecule is Nc1nc(NCc2cn[nH]c2)c2[nH]cnc2n1. The highest BCUT2D eigenvalue weighted by molar-refractivity contribution is 5.83. The molecule has 0 saturated heterocycles. The number of nitrogens with one attached hydrogen (secondary N) is 3. The molecule has 0 bridgehead atoms. The molecule has 8 heteroatoms. The summed E-state index contributed by atoms with van der Waals surface area (Å²) in [6.07, 6.45) is 5.10. The summed E-state index contributed by atoms with van der Waals surface area (Å²) >= 11 is 0. The van der Waals surface area contributed by atoms with Crippen molar-refractivity contribution >= 4 is 22.9 Å². The Morgan fingerprint density at radius 3 is 3.12 bits per heavy atom. The Morgan fingerprint density at radius 1 is 1.35 bits per heavy atom. The molecule has 0 spiro atoms. The maximum atomic E-state index is 5.60. The van der Waals surface area contributed by atoms with E-state index in [4.69, 9.17) is 5.73 Å². The summed E-state index contributed by atoms with van der Waals surface area (Å²) < 4.78 is 0. The fourth-order valence-electron chi connectivity index (χ4n) is 1.54. The first-order valence-electron chi connectivity index (χ1n) is 5.01. The van der Waals surface area contributed by atoms with Gasteiger partial charge in [-0.2, -0.15) is 15.1 Å². The molecule has 0 radical (unpaired) electrons. The van der Waals surface area contributed by atoms with E-state index in [1.807, 2.05) is 6.20 Å². The number of imidazole rings is 1. The van der Waals surface area contributed by atoms with E-state index >= 15 is 0 Å². The molecule has 0 saturated carbocycles. The zero-order valence-corrected chi connectivity index (χ0v) is 8.81. The summed E-state index contributed by atoms with van der Waals surface area (Å²) in [4.78, 5) is 15.1. The summed E-state index contributed by atoms with van der Waals surface area (Å²) in [7, 11) is 0. The molecule has 0 atom stereocenters. The highest BCUT2D eigenvalue weighted by Gasteiger charge is 2.07. The van der Waals surface area contributed by atoms with Gasteiger partial charge in [-0.3, -0.25) is 5.10 Å². The van der Waals surface area contributed by atoms with Crippen LogP contribution in [-0.4, -0.2) is 30.1 Å². The molecular weight excluding hydrogens is 220 g/mol. The number of rotatable bonds is 3. The molecule has 3 rings (SSSR count). The summed E-state index contributed by atoms with van der Waals surface area (Å²) in [6.45, 7) is 0.598. The fraction of sp³-hybridized carbons (Fsp3) is 0.111. The number of nitrogens with zero attached hydrogens (tertiary/aromatic N) is 4. The number of nitrogen functional groups attached to an aromatic ring is 1. The lowest BCUT2D eigenvalue weighted by molar-refractivity contribution is 1.09. The number of hydrogen-bond donors (Lipinski definition) is 4. The molecule has 0 fully saturated rings. The molecule has 3 aromatic rings. The van der Waals surface area contributed by atoms with Crippen LogP contribution in [0.2, 0.25) is 0 Å². The van der Waals surface area contributed by atoms with Crippen LogP contribution in [0.4, 0.5) is 11.8 Å². The van der Waals surface area contributed by atoms with Crippen molar-refractivity contribution in [1.82, 2.24) is 30.1 Å². The van der Waals surface area contributed by atoms with Gasteiger partial charge < -0.3 is 16.0 Å². The van der Waals surface area contributed by atoms with Crippen LogP contribution in [0.3, 0.4) is 0 Å². The number of anilines is 2. The molecule has 8 nitrogen and oxygen atoms in total. The second-order valence-electron chi connectivity index (χ2n) is 3.49. The van der Waals surface area contributed by atoms with Crippen molar-refractivity contribution in [1.29, 1.82) is 0 Å². The number of H-pyrrole nitrogens is 2. The van der Waals surface area contributed by atoms with Gasteiger partial charge in [-0.25, -0.2) is 4.98 Å². The maximum absolute atomic E-state index is 5.60. The Hall–Kier alpha value is -2.64. The van der Waals surface area contributed by atoms with E-state index in [9.17, 15) is 0 Å². The van der Waals surface area contributed by atoms with Crippen molar-refractivity contribution in [3.8, 4) is 0 Å². The van der Waals surface area contributed by atoms with Gasteiger partial charge in [-0.15, -0.1) is 0 Å². The lowest BCUT2D eigenvalue weighted by Gasteiger charge is -2.05. The molecule has 17 heavy (non-hydrogen) atoms. The largest absolute Gasteiger partial charge is 0.368 e. The average molecular weight is 230 g/mol. The van der Waals surface area contributed by atoms with Crippen LogP contribution in [0.25, 0.3) is 11.2 Å². The van der Waals surface area contributed by atoms with Crippen LogP contribution >= 0.6 is 0 Å². The first-order chi connectivity index (χ1) is 8.33. The Morgan fingerprint density at radius 2 is 2.29 bits per heavy atom. The summed E-state index contributed by atoms with van der Waals surface area (Å²) in [5.41, 5.74) is 7.91. The van der Waals surface area contributed by atoms with E-state index in [-0.39, 0.29) is 5.95 Å². The molecule has 3 aromatic heterocycles.